The van der Waals surface area contributed by atoms with Crippen LogP contribution in [0.15, 0.2) is 18.2 Å². The molecule has 4 nitrogen and oxygen atoms in total. The summed E-state index contributed by atoms with van der Waals surface area (Å²) in [5, 5.41) is 6.96. The Morgan fingerprint density at radius 2 is 2.29 bits per heavy atom. The molecule has 0 aliphatic carbocycles. The van der Waals surface area contributed by atoms with Crippen molar-refractivity contribution in [1.82, 2.24) is 10.6 Å². The van der Waals surface area contributed by atoms with E-state index >= 15 is 0 Å². The minimum absolute atomic E-state index is 0. The van der Waals surface area contributed by atoms with Gasteiger partial charge < -0.3 is 15.4 Å². The van der Waals surface area contributed by atoms with Gasteiger partial charge in [-0.3, -0.25) is 4.79 Å². The van der Waals surface area contributed by atoms with Crippen LogP contribution in [0.5, 0.6) is 5.75 Å². The van der Waals surface area contributed by atoms with Crippen molar-refractivity contribution in [2.75, 3.05) is 13.1 Å². The molecule has 0 bridgehead atoms. The van der Waals surface area contributed by atoms with E-state index in [1.54, 1.807) is 19.1 Å². The quantitative estimate of drug-likeness (QED) is 0.891. The second-order valence-corrected chi connectivity index (χ2v) is 5.66. The van der Waals surface area contributed by atoms with Gasteiger partial charge in [0.25, 0.3) is 5.91 Å². The third-order valence-electron chi connectivity index (χ3n) is 3.45. The number of piperidine rings is 1. The van der Waals surface area contributed by atoms with Crippen LogP contribution in [0.1, 0.15) is 25.3 Å². The lowest BCUT2D eigenvalue weighted by Gasteiger charge is -2.25. The first-order chi connectivity index (χ1) is 9.56. The van der Waals surface area contributed by atoms with Crippen LogP contribution < -0.4 is 15.4 Å². The predicted molar refractivity (Wildman–Crippen MR) is 87.6 cm³/mol. The molecule has 21 heavy (non-hydrogen) atoms. The largest absolute Gasteiger partial charge is 0.481 e. The van der Waals surface area contributed by atoms with Gasteiger partial charge in [-0.1, -0.05) is 11.6 Å². The SMILES string of the molecule is Cc1cc(Cl)ccc1OC(C)C(=O)N[C@H]1CCCNC1.Cl. The fraction of sp³-hybridized carbons (Fsp3) is 0.533. The lowest BCUT2D eigenvalue weighted by Crippen LogP contribution is -2.49. The van der Waals surface area contributed by atoms with Crippen LogP contribution in [0, 0.1) is 6.92 Å². The van der Waals surface area contributed by atoms with Gasteiger partial charge in [0, 0.05) is 17.6 Å². The van der Waals surface area contributed by atoms with Crippen LogP contribution in [0.25, 0.3) is 0 Å². The summed E-state index contributed by atoms with van der Waals surface area (Å²) >= 11 is 5.90. The highest BCUT2D eigenvalue weighted by Gasteiger charge is 2.20. The van der Waals surface area contributed by atoms with Crippen molar-refractivity contribution < 1.29 is 9.53 Å². The van der Waals surface area contributed by atoms with Gasteiger partial charge in [-0.25, -0.2) is 0 Å². The smallest absolute Gasteiger partial charge is 0.261 e. The van der Waals surface area contributed by atoms with Gasteiger partial charge in [-0.2, -0.15) is 0 Å². The Labute approximate surface area is 137 Å². The Kier molecular flexibility index (Phi) is 7.29. The molecule has 1 aromatic rings. The minimum Gasteiger partial charge on any atom is -0.481 e. The fourth-order valence-electron chi connectivity index (χ4n) is 2.28. The first-order valence-electron chi connectivity index (χ1n) is 7.00. The molecule has 1 aromatic carbocycles. The number of hydrogen-bond donors (Lipinski definition) is 2. The number of nitrogens with one attached hydrogen (secondary N) is 2. The number of rotatable bonds is 4. The normalized spacial score (nSPS) is 19.3. The molecule has 1 aliphatic heterocycles. The second kappa shape index (κ2) is 8.47. The topological polar surface area (TPSA) is 50.4 Å². The molecule has 1 aliphatic rings. The van der Waals surface area contributed by atoms with Crippen LogP contribution >= 0.6 is 24.0 Å². The maximum atomic E-state index is 12.1. The van der Waals surface area contributed by atoms with E-state index in [1.807, 2.05) is 13.0 Å². The van der Waals surface area contributed by atoms with E-state index in [0.29, 0.717) is 10.8 Å². The van der Waals surface area contributed by atoms with Crippen molar-refractivity contribution in [3.8, 4) is 5.75 Å². The molecule has 1 heterocycles. The van der Waals surface area contributed by atoms with Gasteiger partial charge in [0.2, 0.25) is 0 Å². The molecule has 1 unspecified atom stereocenters. The van der Waals surface area contributed by atoms with Crippen molar-refractivity contribution in [2.24, 2.45) is 0 Å². The molecule has 0 saturated carbocycles. The Morgan fingerprint density at radius 1 is 1.52 bits per heavy atom. The molecular formula is C15H22Cl2N2O2. The molecular weight excluding hydrogens is 311 g/mol. The molecule has 2 rings (SSSR count). The molecule has 1 amide bonds. The first-order valence-corrected chi connectivity index (χ1v) is 7.38. The maximum absolute atomic E-state index is 12.1. The monoisotopic (exact) mass is 332 g/mol. The van der Waals surface area contributed by atoms with Crippen molar-refractivity contribution in [1.29, 1.82) is 0 Å². The van der Waals surface area contributed by atoms with E-state index in [1.165, 1.54) is 0 Å². The molecule has 1 fully saturated rings. The zero-order valence-electron chi connectivity index (χ0n) is 12.3. The van der Waals surface area contributed by atoms with Gasteiger partial charge in [0.05, 0.1) is 0 Å². The Hall–Kier alpha value is -0.970. The summed E-state index contributed by atoms with van der Waals surface area (Å²) in [6.07, 6.45) is 1.60. The molecule has 6 heteroatoms. The lowest BCUT2D eigenvalue weighted by molar-refractivity contribution is -0.128. The summed E-state index contributed by atoms with van der Waals surface area (Å²) in [6.45, 7) is 5.54. The number of aryl methyl sites for hydroxylation is 1. The highest BCUT2D eigenvalue weighted by Crippen LogP contribution is 2.22. The van der Waals surface area contributed by atoms with Crippen molar-refractivity contribution in [2.45, 2.75) is 38.8 Å². The highest BCUT2D eigenvalue weighted by atomic mass is 35.5. The molecule has 2 N–H and O–H groups in total. The summed E-state index contributed by atoms with van der Waals surface area (Å²) in [5.41, 5.74) is 0.927. The third kappa shape index (κ3) is 5.38. The summed E-state index contributed by atoms with van der Waals surface area (Å²) < 4.78 is 5.71. The Balaban J connectivity index is 0.00000220. The molecule has 0 aromatic heterocycles. The number of halogens is 2. The standard InChI is InChI=1S/C15H21ClN2O2.ClH/c1-10-8-12(16)5-6-14(10)20-11(2)15(19)18-13-4-3-7-17-9-13;/h5-6,8,11,13,17H,3-4,7,9H2,1-2H3,(H,18,19);1H/t11?,13-;/m0./s1. The average molecular weight is 333 g/mol. The van der Waals surface area contributed by atoms with Gasteiger partial charge in [-0.15, -0.1) is 12.4 Å². The number of ether oxygens (including phenoxy) is 1. The summed E-state index contributed by atoms with van der Waals surface area (Å²) in [6, 6.07) is 5.59. The third-order valence-corrected chi connectivity index (χ3v) is 3.69. The average Bonchev–Trinajstić information content (AvgIpc) is 2.43. The second-order valence-electron chi connectivity index (χ2n) is 5.22. The predicted octanol–water partition coefficient (Wildman–Crippen LogP) is 2.71. The van der Waals surface area contributed by atoms with Gasteiger partial charge in [0.1, 0.15) is 5.75 Å². The molecule has 0 spiro atoms. The number of carbonyl (C=O) groups excluding carboxylic acids is 1. The number of benzene rings is 1. The molecule has 0 radical (unpaired) electrons. The first kappa shape index (κ1) is 18.1. The fourth-order valence-corrected chi connectivity index (χ4v) is 2.51. The van der Waals surface area contributed by atoms with Crippen LogP contribution in [0.4, 0.5) is 0 Å². The zero-order valence-corrected chi connectivity index (χ0v) is 13.9. The molecule has 2 atom stereocenters. The van der Waals surface area contributed by atoms with Crippen LogP contribution in [-0.4, -0.2) is 31.1 Å². The minimum atomic E-state index is -0.517. The lowest BCUT2D eigenvalue weighted by atomic mass is 10.1. The van der Waals surface area contributed by atoms with Gasteiger partial charge in [-0.05, 0) is 57.0 Å². The van der Waals surface area contributed by atoms with Crippen LogP contribution in [0.3, 0.4) is 0 Å². The van der Waals surface area contributed by atoms with E-state index in [-0.39, 0.29) is 24.4 Å². The van der Waals surface area contributed by atoms with Crippen LogP contribution in [-0.2, 0) is 4.79 Å². The van der Waals surface area contributed by atoms with Crippen molar-refractivity contribution in [3.05, 3.63) is 28.8 Å². The summed E-state index contributed by atoms with van der Waals surface area (Å²) in [5.74, 6) is 0.617. The Morgan fingerprint density at radius 3 is 2.90 bits per heavy atom. The van der Waals surface area contributed by atoms with E-state index < -0.39 is 6.10 Å². The van der Waals surface area contributed by atoms with E-state index in [9.17, 15) is 4.79 Å². The van der Waals surface area contributed by atoms with Crippen molar-refractivity contribution in [3.63, 3.8) is 0 Å². The number of hydrogen-bond acceptors (Lipinski definition) is 3. The van der Waals surface area contributed by atoms with Gasteiger partial charge >= 0.3 is 0 Å². The van der Waals surface area contributed by atoms with E-state index in [2.05, 4.69) is 10.6 Å². The van der Waals surface area contributed by atoms with E-state index in [4.69, 9.17) is 16.3 Å². The van der Waals surface area contributed by atoms with E-state index in [0.717, 1.165) is 31.5 Å². The number of amides is 1. The van der Waals surface area contributed by atoms with Crippen LogP contribution in [0.2, 0.25) is 5.02 Å². The molecule has 118 valence electrons. The van der Waals surface area contributed by atoms with Gasteiger partial charge in [0.15, 0.2) is 6.10 Å². The zero-order chi connectivity index (χ0) is 14.5. The maximum Gasteiger partial charge on any atom is 0.261 e. The van der Waals surface area contributed by atoms with Crippen molar-refractivity contribution >= 4 is 29.9 Å². The summed E-state index contributed by atoms with van der Waals surface area (Å²) in [4.78, 5) is 12.1. The number of carbonyl (C=O) groups is 1. The molecule has 1 saturated heterocycles. The Bertz CT molecular complexity index is 477. The highest BCUT2D eigenvalue weighted by molar-refractivity contribution is 6.30. The summed E-state index contributed by atoms with van der Waals surface area (Å²) in [7, 11) is 0.